The number of hydrogen-bond acceptors (Lipinski definition) is 4. The van der Waals surface area contributed by atoms with E-state index in [0.29, 0.717) is 5.56 Å². The first-order chi connectivity index (χ1) is 12.6. The van der Waals surface area contributed by atoms with Crippen molar-refractivity contribution in [1.29, 1.82) is 0 Å². The molecule has 1 heterocycles. The Hall–Kier alpha value is -2.43. The average Bonchev–Trinajstić information content (AvgIpc) is 2.68. The smallest absolute Gasteiger partial charge is 0.185 e. The van der Waals surface area contributed by atoms with E-state index >= 15 is 0 Å². The van der Waals surface area contributed by atoms with Crippen LogP contribution in [-0.2, 0) is 6.54 Å². The number of allylic oxidation sites excluding steroid dienone is 1. The summed E-state index contributed by atoms with van der Waals surface area (Å²) < 4.78 is 5.12. The maximum absolute atomic E-state index is 12.3. The lowest BCUT2D eigenvalue weighted by Gasteiger charge is -2.32. The zero-order valence-electron chi connectivity index (χ0n) is 15.5. The van der Waals surface area contributed by atoms with Gasteiger partial charge in [-0.2, -0.15) is 0 Å². The van der Waals surface area contributed by atoms with Gasteiger partial charge in [0.25, 0.3) is 0 Å². The standard InChI is InChI=1S/C22H26N2O2/c1-23-12-14-24(15-13-23)17-19-5-3-4-18(16-19)6-11-22(25)20-7-9-21(26-2)10-8-20/h3-11,16H,12-15,17H2,1-2H3. The lowest BCUT2D eigenvalue weighted by Crippen LogP contribution is -2.43. The van der Waals surface area contributed by atoms with Crippen molar-refractivity contribution in [2.45, 2.75) is 6.54 Å². The van der Waals surface area contributed by atoms with Crippen molar-refractivity contribution in [3.05, 3.63) is 71.3 Å². The molecule has 0 aliphatic carbocycles. The molecule has 0 aromatic heterocycles. The fraction of sp³-hybridized carbons (Fsp3) is 0.318. The summed E-state index contributed by atoms with van der Waals surface area (Å²) in [5.74, 6) is 0.749. The van der Waals surface area contributed by atoms with Gasteiger partial charge in [-0.05, 0) is 48.5 Å². The highest BCUT2D eigenvalue weighted by atomic mass is 16.5. The molecule has 1 aliphatic heterocycles. The van der Waals surface area contributed by atoms with Crippen LogP contribution in [0.25, 0.3) is 6.08 Å². The van der Waals surface area contributed by atoms with Crippen LogP contribution in [0, 0.1) is 0 Å². The summed E-state index contributed by atoms with van der Waals surface area (Å²) in [6.45, 7) is 5.41. The number of rotatable bonds is 6. The molecule has 0 unspecified atom stereocenters. The first-order valence-corrected chi connectivity index (χ1v) is 9.00. The second kappa shape index (κ2) is 8.79. The summed E-state index contributed by atoms with van der Waals surface area (Å²) >= 11 is 0. The normalized spacial score (nSPS) is 16.1. The summed E-state index contributed by atoms with van der Waals surface area (Å²) in [5, 5.41) is 0. The Morgan fingerprint density at radius 1 is 1.08 bits per heavy atom. The third-order valence-corrected chi connectivity index (χ3v) is 4.75. The summed E-state index contributed by atoms with van der Waals surface area (Å²) in [6, 6.07) is 15.6. The van der Waals surface area contributed by atoms with Crippen LogP contribution in [0.2, 0.25) is 0 Å². The van der Waals surface area contributed by atoms with E-state index < -0.39 is 0 Å². The van der Waals surface area contributed by atoms with Crippen LogP contribution in [0.15, 0.2) is 54.6 Å². The number of likely N-dealkylation sites (N-methyl/N-ethyl adjacent to an activating group) is 1. The van der Waals surface area contributed by atoms with E-state index in [2.05, 4.69) is 35.0 Å². The second-order valence-corrected chi connectivity index (χ2v) is 6.75. The fourth-order valence-corrected chi connectivity index (χ4v) is 3.08. The SMILES string of the molecule is COc1ccc(C(=O)C=Cc2cccc(CN3CCN(C)CC3)c2)cc1. The molecule has 0 N–H and O–H groups in total. The van der Waals surface area contributed by atoms with Crippen LogP contribution >= 0.6 is 0 Å². The lowest BCUT2D eigenvalue weighted by atomic mass is 10.1. The molecule has 0 saturated carbocycles. The Morgan fingerprint density at radius 3 is 2.50 bits per heavy atom. The molecule has 2 aromatic carbocycles. The van der Waals surface area contributed by atoms with Crippen LogP contribution in [0.1, 0.15) is 21.5 Å². The van der Waals surface area contributed by atoms with Gasteiger partial charge in [-0.3, -0.25) is 9.69 Å². The third kappa shape index (κ3) is 5.04. The van der Waals surface area contributed by atoms with Crippen LogP contribution in [0.5, 0.6) is 5.75 Å². The number of methoxy groups -OCH3 is 1. The number of carbonyl (C=O) groups is 1. The first-order valence-electron chi connectivity index (χ1n) is 9.00. The minimum Gasteiger partial charge on any atom is -0.497 e. The molecule has 0 atom stereocenters. The molecule has 0 amide bonds. The van der Waals surface area contributed by atoms with Crippen molar-refractivity contribution < 1.29 is 9.53 Å². The molecular weight excluding hydrogens is 324 g/mol. The second-order valence-electron chi connectivity index (χ2n) is 6.75. The minimum atomic E-state index is -0.00266. The number of nitrogens with zero attached hydrogens (tertiary/aromatic N) is 2. The van der Waals surface area contributed by atoms with Crippen molar-refractivity contribution in [1.82, 2.24) is 9.80 Å². The Morgan fingerprint density at radius 2 is 1.81 bits per heavy atom. The molecule has 0 bridgehead atoms. The van der Waals surface area contributed by atoms with Crippen LogP contribution in [0.3, 0.4) is 0 Å². The molecule has 136 valence electrons. The van der Waals surface area contributed by atoms with E-state index in [1.54, 1.807) is 37.5 Å². The molecule has 0 radical (unpaired) electrons. The van der Waals surface area contributed by atoms with Crippen LogP contribution in [-0.4, -0.2) is 55.9 Å². The zero-order chi connectivity index (χ0) is 18.4. The largest absolute Gasteiger partial charge is 0.497 e. The van der Waals surface area contributed by atoms with Gasteiger partial charge >= 0.3 is 0 Å². The number of hydrogen-bond donors (Lipinski definition) is 0. The lowest BCUT2D eigenvalue weighted by molar-refractivity contribution is 0.104. The van der Waals surface area contributed by atoms with E-state index in [-0.39, 0.29) is 5.78 Å². The van der Waals surface area contributed by atoms with Gasteiger partial charge in [-0.1, -0.05) is 30.3 Å². The third-order valence-electron chi connectivity index (χ3n) is 4.75. The maximum Gasteiger partial charge on any atom is 0.185 e. The Bertz CT molecular complexity index is 760. The van der Waals surface area contributed by atoms with Gasteiger partial charge in [-0.15, -0.1) is 0 Å². The number of ether oxygens (including phenoxy) is 1. The quantitative estimate of drug-likeness (QED) is 0.591. The predicted octanol–water partition coefficient (Wildman–Crippen LogP) is 3.34. The van der Waals surface area contributed by atoms with Crippen LogP contribution in [0.4, 0.5) is 0 Å². The van der Waals surface area contributed by atoms with E-state index in [1.807, 2.05) is 12.1 Å². The molecule has 1 fully saturated rings. The molecule has 4 heteroatoms. The molecule has 3 rings (SSSR count). The Labute approximate surface area is 155 Å². The summed E-state index contributed by atoms with van der Waals surface area (Å²) in [5.41, 5.74) is 3.00. The van der Waals surface area contributed by atoms with Crippen molar-refractivity contribution in [3.63, 3.8) is 0 Å². The predicted molar refractivity (Wildman–Crippen MR) is 106 cm³/mol. The first kappa shape index (κ1) is 18.4. The number of ketones is 1. The summed E-state index contributed by atoms with van der Waals surface area (Å²) in [6.07, 6.45) is 3.52. The average molecular weight is 350 g/mol. The van der Waals surface area contributed by atoms with Gasteiger partial charge in [0.05, 0.1) is 7.11 Å². The van der Waals surface area contributed by atoms with E-state index in [4.69, 9.17) is 4.74 Å². The minimum absolute atomic E-state index is 0.00266. The van der Waals surface area contributed by atoms with Gasteiger partial charge < -0.3 is 9.64 Å². The highest BCUT2D eigenvalue weighted by Gasteiger charge is 2.13. The molecule has 0 spiro atoms. The fourth-order valence-electron chi connectivity index (χ4n) is 3.08. The van der Waals surface area contributed by atoms with Gasteiger partial charge in [0.15, 0.2) is 5.78 Å². The van der Waals surface area contributed by atoms with Crippen molar-refractivity contribution in [2.75, 3.05) is 40.3 Å². The number of carbonyl (C=O) groups excluding carboxylic acids is 1. The molecule has 1 saturated heterocycles. The number of piperazine rings is 1. The van der Waals surface area contributed by atoms with E-state index in [1.165, 1.54) is 5.56 Å². The summed E-state index contributed by atoms with van der Waals surface area (Å²) in [4.78, 5) is 17.1. The van der Waals surface area contributed by atoms with E-state index in [9.17, 15) is 4.79 Å². The Balaban J connectivity index is 1.62. The van der Waals surface area contributed by atoms with Gasteiger partial charge in [-0.25, -0.2) is 0 Å². The topological polar surface area (TPSA) is 32.8 Å². The molecular formula is C22H26N2O2. The van der Waals surface area contributed by atoms with Gasteiger partial charge in [0, 0.05) is 38.3 Å². The molecule has 26 heavy (non-hydrogen) atoms. The van der Waals surface area contributed by atoms with Crippen LogP contribution < -0.4 is 4.74 Å². The Kier molecular flexibility index (Phi) is 6.21. The van der Waals surface area contributed by atoms with Gasteiger partial charge in [0.1, 0.15) is 5.75 Å². The molecule has 2 aromatic rings. The van der Waals surface area contributed by atoms with Crippen molar-refractivity contribution in [3.8, 4) is 5.75 Å². The monoisotopic (exact) mass is 350 g/mol. The van der Waals surface area contributed by atoms with Crippen molar-refractivity contribution >= 4 is 11.9 Å². The molecule has 4 nitrogen and oxygen atoms in total. The summed E-state index contributed by atoms with van der Waals surface area (Å²) in [7, 11) is 3.79. The highest BCUT2D eigenvalue weighted by Crippen LogP contribution is 2.14. The maximum atomic E-state index is 12.3. The number of benzene rings is 2. The van der Waals surface area contributed by atoms with Gasteiger partial charge in [0.2, 0.25) is 0 Å². The van der Waals surface area contributed by atoms with E-state index in [0.717, 1.165) is 44.0 Å². The zero-order valence-corrected chi connectivity index (χ0v) is 15.5. The van der Waals surface area contributed by atoms with Crippen molar-refractivity contribution in [2.24, 2.45) is 0 Å². The highest BCUT2D eigenvalue weighted by molar-refractivity contribution is 6.06. The molecule has 1 aliphatic rings.